The number of benzene rings is 2. The summed E-state index contributed by atoms with van der Waals surface area (Å²) in [6, 6.07) is 13.9. The highest BCUT2D eigenvalue weighted by atomic mass is 16.1. The van der Waals surface area contributed by atoms with Crippen LogP contribution in [0.15, 0.2) is 42.5 Å². The minimum Gasteiger partial charge on any atom is -0.384 e. The molecule has 0 aromatic heterocycles. The SMILES string of the molecule is CC(C)c1ccc(C(=O)c2ccc3c(c2)NCC3)cc1. The summed E-state index contributed by atoms with van der Waals surface area (Å²) in [5, 5.41) is 3.32. The Balaban J connectivity index is 1.88. The predicted molar refractivity (Wildman–Crippen MR) is 82.6 cm³/mol. The summed E-state index contributed by atoms with van der Waals surface area (Å²) in [4.78, 5) is 12.5. The molecule has 0 fully saturated rings. The molecule has 2 aromatic carbocycles. The van der Waals surface area contributed by atoms with Crippen LogP contribution in [-0.2, 0) is 6.42 Å². The summed E-state index contributed by atoms with van der Waals surface area (Å²) < 4.78 is 0. The lowest BCUT2D eigenvalue weighted by molar-refractivity contribution is 0.103. The largest absolute Gasteiger partial charge is 0.384 e. The molecule has 2 nitrogen and oxygen atoms in total. The molecule has 1 aliphatic heterocycles. The molecule has 2 aromatic rings. The number of hydrogen-bond donors (Lipinski definition) is 1. The zero-order chi connectivity index (χ0) is 14.1. The van der Waals surface area contributed by atoms with Gasteiger partial charge < -0.3 is 5.32 Å². The van der Waals surface area contributed by atoms with Gasteiger partial charge in [-0.15, -0.1) is 0 Å². The molecule has 0 bridgehead atoms. The second-order valence-electron chi connectivity index (χ2n) is 5.65. The third-order valence-electron chi connectivity index (χ3n) is 3.92. The van der Waals surface area contributed by atoms with Gasteiger partial charge in [-0.3, -0.25) is 4.79 Å². The minimum atomic E-state index is 0.0943. The van der Waals surface area contributed by atoms with E-state index in [1.807, 2.05) is 36.4 Å². The second-order valence-corrected chi connectivity index (χ2v) is 5.65. The number of carbonyl (C=O) groups is 1. The van der Waals surface area contributed by atoms with Gasteiger partial charge in [0.05, 0.1) is 0 Å². The van der Waals surface area contributed by atoms with Gasteiger partial charge in [0.1, 0.15) is 0 Å². The van der Waals surface area contributed by atoms with Crippen LogP contribution in [0.2, 0.25) is 0 Å². The number of hydrogen-bond acceptors (Lipinski definition) is 2. The maximum absolute atomic E-state index is 12.5. The van der Waals surface area contributed by atoms with E-state index in [9.17, 15) is 4.79 Å². The van der Waals surface area contributed by atoms with Crippen molar-refractivity contribution in [3.05, 3.63) is 64.7 Å². The van der Waals surface area contributed by atoms with Crippen LogP contribution in [0.5, 0.6) is 0 Å². The Labute approximate surface area is 119 Å². The number of ketones is 1. The van der Waals surface area contributed by atoms with E-state index in [1.54, 1.807) is 0 Å². The van der Waals surface area contributed by atoms with Crippen molar-refractivity contribution in [2.24, 2.45) is 0 Å². The predicted octanol–water partition coefficient (Wildman–Crippen LogP) is 4.01. The molecule has 0 unspecified atom stereocenters. The van der Waals surface area contributed by atoms with Crippen molar-refractivity contribution in [2.45, 2.75) is 26.2 Å². The van der Waals surface area contributed by atoms with Gasteiger partial charge in [0, 0.05) is 23.4 Å². The van der Waals surface area contributed by atoms with Crippen molar-refractivity contribution in [2.75, 3.05) is 11.9 Å². The number of nitrogens with one attached hydrogen (secondary N) is 1. The minimum absolute atomic E-state index is 0.0943. The van der Waals surface area contributed by atoms with Crippen LogP contribution in [-0.4, -0.2) is 12.3 Å². The third-order valence-corrected chi connectivity index (χ3v) is 3.92. The quantitative estimate of drug-likeness (QED) is 0.850. The lowest BCUT2D eigenvalue weighted by atomic mass is 9.97. The van der Waals surface area contributed by atoms with Crippen molar-refractivity contribution in [1.82, 2.24) is 0 Å². The van der Waals surface area contributed by atoms with Crippen LogP contribution in [0.3, 0.4) is 0 Å². The zero-order valence-electron chi connectivity index (χ0n) is 11.9. The van der Waals surface area contributed by atoms with Gasteiger partial charge >= 0.3 is 0 Å². The summed E-state index contributed by atoms with van der Waals surface area (Å²) in [6.45, 7) is 5.28. The van der Waals surface area contributed by atoms with E-state index in [1.165, 1.54) is 11.1 Å². The second kappa shape index (κ2) is 5.12. The molecular formula is C18H19NO. The molecular weight excluding hydrogens is 246 g/mol. The smallest absolute Gasteiger partial charge is 0.193 e. The molecule has 0 atom stereocenters. The van der Waals surface area contributed by atoms with Crippen LogP contribution < -0.4 is 5.32 Å². The Kier molecular flexibility index (Phi) is 3.31. The standard InChI is InChI=1S/C18H19NO/c1-12(2)13-3-6-15(7-4-13)18(20)16-8-5-14-9-10-19-17(14)11-16/h3-8,11-12,19H,9-10H2,1-2H3. The first kappa shape index (κ1) is 12.9. The molecule has 20 heavy (non-hydrogen) atoms. The van der Waals surface area contributed by atoms with Gasteiger partial charge in [-0.1, -0.05) is 50.2 Å². The summed E-state index contributed by atoms with van der Waals surface area (Å²) in [5.74, 6) is 0.583. The molecule has 102 valence electrons. The van der Waals surface area contributed by atoms with Gasteiger partial charge in [0.15, 0.2) is 5.78 Å². The van der Waals surface area contributed by atoms with Gasteiger partial charge in [0.25, 0.3) is 0 Å². The highest BCUT2D eigenvalue weighted by molar-refractivity contribution is 6.09. The number of carbonyl (C=O) groups excluding carboxylic acids is 1. The lowest BCUT2D eigenvalue weighted by Crippen LogP contribution is -2.02. The van der Waals surface area contributed by atoms with Crippen molar-refractivity contribution >= 4 is 11.5 Å². The van der Waals surface area contributed by atoms with Crippen molar-refractivity contribution in [1.29, 1.82) is 0 Å². The topological polar surface area (TPSA) is 29.1 Å². The van der Waals surface area contributed by atoms with Gasteiger partial charge in [-0.2, -0.15) is 0 Å². The molecule has 1 N–H and O–H groups in total. The molecule has 2 heteroatoms. The summed E-state index contributed by atoms with van der Waals surface area (Å²) in [6.07, 6.45) is 1.05. The monoisotopic (exact) mass is 265 g/mol. The number of anilines is 1. The normalized spacial score (nSPS) is 13.2. The van der Waals surface area contributed by atoms with Crippen LogP contribution in [0.4, 0.5) is 5.69 Å². The Morgan fingerprint density at radius 1 is 1.05 bits per heavy atom. The van der Waals surface area contributed by atoms with Gasteiger partial charge in [-0.25, -0.2) is 0 Å². The van der Waals surface area contributed by atoms with E-state index in [0.29, 0.717) is 5.92 Å². The molecule has 0 saturated heterocycles. The Morgan fingerprint density at radius 3 is 2.45 bits per heavy atom. The third kappa shape index (κ3) is 2.34. The molecule has 0 radical (unpaired) electrons. The Morgan fingerprint density at radius 2 is 1.75 bits per heavy atom. The highest BCUT2D eigenvalue weighted by Gasteiger charge is 2.14. The Bertz CT molecular complexity index is 641. The van der Waals surface area contributed by atoms with E-state index in [4.69, 9.17) is 0 Å². The highest BCUT2D eigenvalue weighted by Crippen LogP contribution is 2.25. The first-order valence-corrected chi connectivity index (χ1v) is 7.16. The van der Waals surface area contributed by atoms with E-state index in [0.717, 1.165) is 29.8 Å². The average molecular weight is 265 g/mol. The molecule has 0 aliphatic carbocycles. The Hall–Kier alpha value is -2.09. The van der Waals surface area contributed by atoms with Crippen LogP contribution >= 0.6 is 0 Å². The lowest BCUT2D eigenvalue weighted by Gasteiger charge is -2.07. The van der Waals surface area contributed by atoms with Crippen LogP contribution in [0, 0.1) is 0 Å². The molecule has 0 saturated carbocycles. The van der Waals surface area contributed by atoms with E-state index in [2.05, 4.69) is 25.2 Å². The van der Waals surface area contributed by atoms with E-state index >= 15 is 0 Å². The van der Waals surface area contributed by atoms with Crippen LogP contribution in [0.1, 0.15) is 46.8 Å². The number of fused-ring (bicyclic) bond motifs is 1. The molecule has 0 spiro atoms. The van der Waals surface area contributed by atoms with E-state index in [-0.39, 0.29) is 5.78 Å². The fourth-order valence-corrected chi connectivity index (χ4v) is 2.62. The zero-order valence-corrected chi connectivity index (χ0v) is 11.9. The molecule has 3 rings (SSSR count). The molecule has 0 amide bonds. The number of rotatable bonds is 3. The molecule has 1 aliphatic rings. The van der Waals surface area contributed by atoms with Crippen molar-refractivity contribution in [3.63, 3.8) is 0 Å². The van der Waals surface area contributed by atoms with E-state index < -0.39 is 0 Å². The van der Waals surface area contributed by atoms with Gasteiger partial charge in [-0.05, 0) is 29.5 Å². The van der Waals surface area contributed by atoms with Crippen molar-refractivity contribution < 1.29 is 4.79 Å². The summed E-state index contributed by atoms with van der Waals surface area (Å²) in [5.41, 5.74) is 5.19. The van der Waals surface area contributed by atoms with Crippen LogP contribution in [0.25, 0.3) is 0 Å². The maximum atomic E-state index is 12.5. The summed E-state index contributed by atoms with van der Waals surface area (Å²) in [7, 11) is 0. The average Bonchev–Trinajstić information content (AvgIpc) is 2.94. The fraction of sp³-hybridized carbons (Fsp3) is 0.278. The first-order valence-electron chi connectivity index (χ1n) is 7.16. The fourth-order valence-electron chi connectivity index (χ4n) is 2.62. The summed E-state index contributed by atoms with van der Waals surface area (Å²) >= 11 is 0. The molecule has 1 heterocycles. The first-order chi connectivity index (χ1) is 9.65. The maximum Gasteiger partial charge on any atom is 0.193 e. The van der Waals surface area contributed by atoms with Crippen molar-refractivity contribution in [3.8, 4) is 0 Å². The van der Waals surface area contributed by atoms with Gasteiger partial charge in [0.2, 0.25) is 0 Å².